The normalized spacial score (nSPS) is 11.5. The van der Waals surface area contributed by atoms with Gasteiger partial charge < -0.3 is 11.5 Å². The van der Waals surface area contributed by atoms with E-state index in [2.05, 4.69) is 27.5 Å². The minimum atomic E-state index is 0.824. The number of nitrogens with zero attached hydrogens (tertiary/aromatic N) is 2. The fourth-order valence-electron chi connectivity index (χ4n) is 3.84. The van der Waals surface area contributed by atoms with E-state index < -0.39 is 0 Å². The van der Waals surface area contributed by atoms with Crippen molar-refractivity contribution in [1.29, 1.82) is 0 Å². The molecular weight excluding hydrogens is 334 g/mol. The molecule has 0 aliphatic rings. The monoisotopic (exact) mass is 373 g/mol. The van der Waals surface area contributed by atoms with Crippen LogP contribution in [0.2, 0.25) is 0 Å². The number of fused-ring (bicyclic) bond motifs is 1. The zero-order chi connectivity index (χ0) is 19.2. The van der Waals surface area contributed by atoms with E-state index in [4.69, 9.17) is 11.5 Å². The molecule has 0 fully saturated rings. The Kier molecular flexibility index (Phi) is 11.1. The first-order valence-electron chi connectivity index (χ1n) is 11.1. The molecule has 0 unspecified atom stereocenters. The van der Waals surface area contributed by atoms with E-state index in [0.29, 0.717) is 0 Å². The maximum absolute atomic E-state index is 5.56. The maximum atomic E-state index is 5.56. The zero-order valence-corrected chi connectivity index (χ0v) is 17.0. The lowest BCUT2D eigenvalue weighted by Gasteiger charge is -2.10. The van der Waals surface area contributed by atoms with Crippen LogP contribution in [0.4, 0.5) is 0 Å². The van der Waals surface area contributed by atoms with Crippen LogP contribution in [-0.4, -0.2) is 28.5 Å². The van der Waals surface area contributed by atoms with Gasteiger partial charge in [0, 0.05) is 0 Å². The van der Waals surface area contributed by atoms with Gasteiger partial charge in [-0.3, -0.25) is 0 Å². The molecule has 27 heavy (non-hydrogen) atoms. The van der Waals surface area contributed by atoms with Crippen molar-refractivity contribution in [3.05, 3.63) is 23.3 Å². The molecule has 0 spiro atoms. The Morgan fingerprint density at radius 3 is 1.81 bits per heavy atom. The molecule has 1 aromatic heterocycles. The summed E-state index contributed by atoms with van der Waals surface area (Å²) in [6, 6.07) is 4.39. The predicted octanol–water partition coefficient (Wildman–Crippen LogP) is 4.64. The van der Waals surface area contributed by atoms with Crippen LogP contribution >= 0.6 is 0 Å². The number of rotatable bonds is 16. The van der Waals surface area contributed by atoms with Crippen LogP contribution in [0.3, 0.4) is 0 Å². The van der Waals surface area contributed by atoms with Crippen LogP contribution in [0.25, 0.3) is 11.0 Å². The molecule has 0 saturated heterocycles. The first kappa shape index (κ1) is 21.8. The smallest absolute Gasteiger partial charge is 0.116 e. The quantitative estimate of drug-likeness (QED) is 0.374. The van der Waals surface area contributed by atoms with Crippen molar-refractivity contribution in [2.45, 2.75) is 89.9 Å². The number of H-pyrrole nitrogens is 1. The Bertz CT molecular complexity index is 622. The largest absolute Gasteiger partial charge is 0.330 e. The van der Waals surface area contributed by atoms with Gasteiger partial charge >= 0.3 is 0 Å². The molecule has 5 N–H and O–H groups in total. The topological polar surface area (TPSA) is 93.6 Å². The number of nitrogens with one attached hydrogen (secondary N) is 1. The second-order valence-electron chi connectivity index (χ2n) is 7.71. The number of nitrogens with two attached hydrogens (primary N) is 2. The molecule has 0 amide bonds. The van der Waals surface area contributed by atoms with E-state index >= 15 is 0 Å². The first-order chi connectivity index (χ1) is 13.4. The van der Waals surface area contributed by atoms with Crippen molar-refractivity contribution in [2.24, 2.45) is 11.5 Å². The molecule has 2 rings (SSSR count). The van der Waals surface area contributed by atoms with Crippen molar-refractivity contribution >= 4 is 11.0 Å². The van der Waals surface area contributed by atoms with Gasteiger partial charge in [0.05, 0.1) is 0 Å². The van der Waals surface area contributed by atoms with Gasteiger partial charge in [-0.2, -0.15) is 15.4 Å². The number of hydrogen-bond donors (Lipinski definition) is 3. The third-order valence-corrected chi connectivity index (χ3v) is 5.47. The minimum Gasteiger partial charge on any atom is -0.330 e. The molecule has 0 atom stereocenters. The molecule has 0 bridgehead atoms. The van der Waals surface area contributed by atoms with Crippen molar-refractivity contribution in [1.82, 2.24) is 15.4 Å². The molecule has 0 aliphatic heterocycles. The lowest BCUT2D eigenvalue weighted by molar-refractivity contribution is 0.591. The summed E-state index contributed by atoms with van der Waals surface area (Å²) in [6.45, 7) is 1.65. The van der Waals surface area contributed by atoms with Crippen LogP contribution < -0.4 is 11.5 Å². The van der Waals surface area contributed by atoms with Crippen LogP contribution in [0, 0.1) is 0 Å². The summed E-state index contributed by atoms with van der Waals surface area (Å²) in [6.07, 6.45) is 17.5. The lowest BCUT2D eigenvalue weighted by atomic mass is 9.95. The Balaban J connectivity index is 1.79. The molecule has 5 heteroatoms. The maximum Gasteiger partial charge on any atom is 0.116 e. The highest BCUT2D eigenvalue weighted by molar-refractivity contribution is 5.78. The highest BCUT2D eigenvalue weighted by Gasteiger charge is 2.10. The van der Waals surface area contributed by atoms with E-state index in [-0.39, 0.29) is 0 Å². The molecule has 1 aromatic carbocycles. The Morgan fingerprint density at radius 1 is 0.630 bits per heavy atom. The van der Waals surface area contributed by atoms with Gasteiger partial charge in [0.2, 0.25) is 0 Å². The van der Waals surface area contributed by atoms with Crippen LogP contribution in [0.5, 0.6) is 0 Å². The van der Waals surface area contributed by atoms with Crippen LogP contribution in [-0.2, 0) is 12.8 Å². The Morgan fingerprint density at radius 2 is 1.19 bits per heavy atom. The standard InChI is InChI=1S/C22H39N5/c23-17-11-7-3-1-5-9-13-19-15-16-21-22(26-27-25-21)20(19)14-10-6-2-4-8-12-18-24/h15-16H,1-14,17-18,23-24H2,(H,25,26,27). The average Bonchev–Trinajstić information content (AvgIpc) is 3.16. The summed E-state index contributed by atoms with van der Waals surface area (Å²) in [5.41, 5.74) is 16.1. The van der Waals surface area contributed by atoms with Gasteiger partial charge in [-0.1, -0.05) is 57.4 Å². The Hall–Kier alpha value is -1.46. The fourth-order valence-corrected chi connectivity index (χ4v) is 3.84. The highest BCUT2D eigenvalue weighted by Crippen LogP contribution is 2.23. The van der Waals surface area contributed by atoms with Gasteiger partial charge in [0.25, 0.3) is 0 Å². The fraction of sp³-hybridized carbons (Fsp3) is 0.727. The average molecular weight is 374 g/mol. The second kappa shape index (κ2) is 13.7. The third kappa shape index (κ3) is 7.97. The Labute approximate surface area is 164 Å². The van der Waals surface area contributed by atoms with Gasteiger partial charge in [-0.05, 0) is 68.8 Å². The van der Waals surface area contributed by atoms with Crippen molar-refractivity contribution in [2.75, 3.05) is 13.1 Å². The van der Waals surface area contributed by atoms with Gasteiger partial charge in [0.15, 0.2) is 0 Å². The number of aromatic amines is 1. The second-order valence-corrected chi connectivity index (χ2v) is 7.71. The van der Waals surface area contributed by atoms with Crippen LogP contribution in [0.15, 0.2) is 12.1 Å². The molecule has 152 valence electrons. The van der Waals surface area contributed by atoms with Crippen molar-refractivity contribution < 1.29 is 0 Å². The summed E-state index contributed by atoms with van der Waals surface area (Å²) in [7, 11) is 0. The summed E-state index contributed by atoms with van der Waals surface area (Å²) in [5, 5.41) is 11.5. The molecule has 0 aliphatic carbocycles. The molecule has 2 aromatic rings. The first-order valence-corrected chi connectivity index (χ1v) is 11.1. The summed E-state index contributed by atoms with van der Waals surface area (Å²) in [4.78, 5) is 0. The molecular formula is C22H39N5. The van der Waals surface area contributed by atoms with E-state index in [0.717, 1.165) is 43.4 Å². The van der Waals surface area contributed by atoms with Crippen molar-refractivity contribution in [3.8, 4) is 0 Å². The van der Waals surface area contributed by atoms with Crippen molar-refractivity contribution in [3.63, 3.8) is 0 Å². The van der Waals surface area contributed by atoms with Gasteiger partial charge in [-0.15, -0.1) is 0 Å². The summed E-state index contributed by atoms with van der Waals surface area (Å²) >= 11 is 0. The molecule has 0 radical (unpaired) electrons. The van der Waals surface area contributed by atoms with E-state index in [1.807, 2.05) is 0 Å². The number of hydrogen-bond acceptors (Lipinski definition) is 4. The van der Waals surface area contributed by atoms with E-state index in [9.17, 15) is 0 Å². The predicted molar refractivity (Wildman–Crippen MR) is 115 cm³/mol. The summed E-state index contributed by atoms with van der Waals surface area (Å²) in [5.74, 6) is 0. The lowest BCUT2D eigenvalue weighted by Crippen LogP contribution is -1.99. The van der Waals surface area contributed by atoms with E-state index in [1.54, 1.807) is 0 Å². The van der Waals surface area contributed by atoms with Gasteiger partial charge in [0.1, 0.15) is 11.0 Å². The zero-order valence-electron chi connectivity index (χ0n) is 17.0. The number of unbranched alkanes of at least 4 members (excludes halogenated alkanes) is 10. The molecule has 5 nitrogen and oxygen atoms in total. The highest BCUT2D eigenvalue weighted by atomic mass is 15.3. The van der Waals surface area contributed by atoms with E-state index in [1.165, 1.54) is 81.8 Å². The molecule has 1 heterocycles. The van der Waals surface area contributed by atoms with Gasteiger partial charge in [-0.25, -0.2) is 0 Å². The van der Waals surface area contributed by atoms with Crippen LogP contribution in [0.1, 0.15) is 88.2 Å². The number of aromatic nitrogens is 3. The number of aryl methyl sites for hydroxylation is 2. The SMILES string of the molecule is NCCCCCCCCc1ccc2n[nH]nc2c1CCCCCCCCN. The molecule has 0 saturated carbocycles. The summed E-state index contributed by atoms with van der Waals surface area (Å²) < 4.78 is 0. The third-order valence-electron chi connectivity index (χ3n) is 5.47. The minimum absolute atomic E-state index is 0.824. The number of benzene rings is 1.